The summed E-state index contributed by atoms with van der Waals surface area (Å²) in [5.74, 6) is 0.550. The number of para-hydroxylation sites is 1. The third-order valence-corrected chi connectivity index (χ3v) is 6.57. The minimum absolute atomic E-state index is 0.0131. The van der Waals surface area contributed by atoms with E-state index in [-0.39, 0.29) is 36.0 Å². The number of ether oxygens (including phenoxy) is 1. The molecule has 0 aliphatic carbocycles. The summed E-state index contributed by atoms with van der Waals surface area (Å²) in [6.07, 6.45) is 5.02. The fraction of sp³-hybridized carbons (Fsp3) is 0.250. The van der Waals surface area contributed by atoms with Gasteiger partial charge in [-0.1, -0.05) is 42.5 Å². The molecule has 2 aromatic carbocycles. The van der Waals surface area contributed by atoms with E-state index >= 15 is 0 Å². The van der Waals surface area contributed by atoms with E-state index in [1.807, 2.05) is 71.6 Å². The highest BCUT2D eigenvalue weighted by atomic mass is 16.5. The lowest BCUT2D eigenvalue weighted by Crippen LogP contribution is -2.44. The van der Waals surface area contributed by atoms with Gasteiger partial charge in [0.2, 0.25) is 5.96 Å². The van der Waals surface area contributed by atoms with Crippen molar-refractivity contribution < 1.29 is 14.3 Å². The number of rotatable bonds is 7. The molecule has 0 bridgehead atoms. The Morgan fingerprint density at radius 3 is 2.47 bits per heavy atom. The average molecular weight is 482 g/mol. The van der Waals surface area contributed by atoms with Crippen molar-refractivity contribution in [2.75, 3.05) is 26.2 Å². The first-order chi connectivity index (χ1) is 17.6. The van der Waals surface area contributed by atoms with E-state index in [1.54, 1.807) is 12.4 Å². The smallest absolute Gasteiger partial charge is 0.279 e. The number of aliphatic imine (C=N–C) groups is 1. The van der Waals surface area contributed by atoms with Gasteiger partial charge >= 0.3 is 0 Å². The molecule has 36 heavy (non-hydrogen) atoms. The number of hydrogen-bond donors (Lipinski definition) is 1. The standard InChI is InChI=1S/C28H27N5O3/c29-28-31-26(22-7-4-6-21(16-22)23-8-5-13-30-17-23)27(35)33(28)18-20-11-14-32(15-12-20)25(34)19-36-24-9-2-1-3-10-24/h1-10,13,16-17,20,29H,11-12,14-15,18-19H2. The molecule has 1 aromatic heterocycles. The minimum Gasteiger partial charge on any atom is -0.484 e. The van der Waals surface area contributed by atoms with Crippen LogP contribution >= 0.6 is 0 Å². The van der Waals surface area contributed by atoms with E-state index in [1.165, 1.54) is 4.90 Å². The van der Waals surface area contributed by atoms with Crippen molar-refractivity contribution in [1.29, 1.82) is 5.41 Å². The molecule has 0 unspecified atom stereocenters. The van der Waals surface area contributed by atoms with Crippen LogP contribution in [0.5, 0.6) is 5.75 Å². The molecule has 2 aliphatic heterocycles. The molecule has 1 saturated heterocycles. The zero-order valence-corrected chi connectivity index (χ0v) is 19.8. The second-order valence-corrected chi connectivity index (χ2v) is 8.95. The summed E-state index contributed by atoms with van der Waals surface area (Å²) in [4.78, 5) is 37.4. The molecule has 0 saturated carbocycles. The van der Waals surface area contributed by atoms with E-state index in [0.29, 0.717) is 30.9 Å². The summed E-state index contributed by atoms with van der Waals surface area (Å²) in [5.41, 5.74) is 2.87. The molecule has 2 aliphatic rings. The van der Waals surface area contributed by atoms with E-state index in [4.69, 9.17) is 10.1 Å². The van der Waals surface area contributed by atoms with Crippen molar-refractivity contribution in [2.45, 2.75) is 12.8 Å². The van der Waals surface area contributed by atoms with Crippen molar-refractivity contribution >= 4 is 23.5 Å². The van der Waals surface area contributed by atoms with Gasteiger partial charge < -0.3 is 9.64 Å². The van der Waals surface area contributed by atoms with Crippen LogP contribution in [-0.4, -0.2) is 64.5 Å². The molecule has 0 atom stereocenters. The fourth-order valence-electron chi connectivity index (χ4n) is 4.55. The maximum Gasteiger partial charge on any atom is 0.279 e. The van der Waals surface area contributed by atoms with E-state index in [2.05, 4.69) is 9.98 Å². The lowest BCUT2D eigenvalue weighted by atomic mass is 9.96. The topological polar surface area (TPSA) is 99.0 Å². The van der Waals surface area contributed by atoms with Crippen LogP contribution in [0.15, 0.2) is 84.1 Å². The van der Waals surface area contributed by atoms with Crippen LogP contribution in [-0.2, 0) is 9.59 Å². The number of nitrogens with one attached hydrogen (secondary N) is 1. The second-order valence-electron chi connectivity index (χ2n) is 8.95. The van der Waals surface area contributed by atoms with Crippen LogP contribution in [0.1, 0.15) is 18.4 Å². The highest BCUT2D eigenvalue weighted by molar-refractivity contribution is 6.51. The molecular weight excluding hydrogens is 454 g/mol. The summed E-state index contributed by atoms with van der Waals surface area (Å²) in [6, 6.07) is 20.7. The van der Waals surface area contributed by atoms with Crippen molar-refractivity contribution in [2.24, 2.45) is 10.9 Å². The first-order valence-corrected chi connectivity index (χ1v) is 12.0. The Morgan fingerprint density at radius 2 is 1.72 bits per heavy atom. The average Bonchev–Trinajstić information content (AvgIpc) is 3.21. The Labute approximate surface area is 209 Å². The summed E-state index contributed by atoms with van der Waals surface area (Å²) in [7, 11) is 0. The number of piperidine rings is 1. The first kappa shape index (κ1) is 23.4. The Bertz CT molecular complexity index is 1280. The number of aromatic nitrogens is 1. The Hall–Kier alpha value is -4.33. The molecule has 1 fully saturated rings. The van der Waals surface area contributed by atoms with Crippen LogP contribution in [0.3, 0.4) is 0 Å². The van der Waals surface area contributed by atoms with Crippen LogP contribution in [0, 0.1) is 11.3 Å². The number of pyridine rings is 1. The summed E-state index contributed by atoms with van der Waals surface area (Å²) < 4.78 is 5.58. The molecular formula is C28H27N5O3. The Morgan fingerprint density at radius 1 is 0.972 bits per heavy atom. The maximum atomic E-state index is 13.2. The third kappa shape index (κ3) is 5.17. The molecule has 0 spiro atoms. The number of guanidine groups is 1. The number of likely N-dealkylation sites (tertiary alicyclic amines) is 1. The third-order valence-electron chi connectivity index (χ3n) is 6.57. The van der Waals surface area contributed by atoms with Crippen molar-refractivity contribution in [3.05, 3.63) is 84.7 Å². The summed E-state index contributed by atoms with van der Waals surface area (Å²) >= 11 is 0. The second kappa shape index (κ2) is 10.5. The fourth-order valence-corrected chi connectivity index (χ4v) is 4.55. The molecule has 2 amide bonds. The number of carbonyl (C=O) groups excluding carboxylic acids is 2. The molecule has 8 heteroatoms. The van der Waals surface area contributed by atoms with Crippen molar-refractivity contribution in [3.8, 4) is 16.9 Å². The molecule has 1 N–H and O–H groups in total. The molecule has 182 valence electrons. The highest BCUT2D eigenvalue weighted by Gasteiger charge is 2.34. The normalized spacial score (nSPS) is 16.3. The number of benzene rings is 2. The molecule has 8 nitrogen and oxygen atoms in total. The van der Waals surface area contributed by atoms with Crippen LogP contribution in [0.4, 0.5) is 0 Å². The van der Waals surface area contributed by atoms with Gasteiger partial charge in [0, 0.05) is 43.2 Å². The Kier molecular flexibility index (Phi) is 6.84. The monoisotopic (exact) mass is 481 g/mol. The van der Waals surface area contributed by atoms with Crippen molar-refractivity contribution in [3.63, 3.8) is 0 Å². The zero-order chi connectivity index (χ0) is 24.9. The SMILES string of the molecule is N=C1N=C(c2cccc(-c3cccnc3)c2)C(=O)N1CC1CCN(C(=O)COc2ccccc2)CC1. The van der Waals surface area contributed by atoms with Gasteiger partial charge in [0.05, 0.1) is 0 Å². The van der Waals surface area contributed by atoms with Crippen LogP contribution in [0.25, 0.3) is 11.1 Å². The number of nitrogens with zero attached hydrogens (tertiary/aromatic N) is 4. The van der Waals surface area contributed by atoms with Gasteiger partial charge in [-0.15, -0.1) is 0 Å². The van der Waals surface area contributed by atoms with Gasteiger partial charge in [0.15, 0.2) is 6.61 Å². The highest BCUT2D eigenvalue weighted by Crippen LogP contribution is 2.24. The Balaban J connectivity index is 1.16. The van der Waals surface area contributed by atoms with Crippen LogP contribution < -0.4 is 4.74 Å². The largest absolute Gasteiger partial charge is 0.484 e. The summed E-state index contributed by atoms with van der Waals surface area (Å²) in [5, 5.41) is 8.32. The minimum atomic E-state index is -0.252. The van der Waals surface area contributed by atoms with E-state index in [0.717, 1.165) is 24.0 Å². The van der Waals surface area contributed by atoms with Crippen molar-refractivity contribution in [1.82, 2.24) is 14.8 Å². The van der Waals surface area contributed by atoms with Crippen LogP contribution in [0.2, 0.25) is 0 Å². The van der Waals surface area contributed by atoms with E-state index < -0.39 is 0 Å². The zero-order valence-electron chi connectivity index (χ0n) is 19.8. The molecule has 5 rings (SSSR count). The molecule has 3 aromatic rings. The van der Waals surface area contributed by atoms with Gasteiger partial charge in [0.1, 0.15) is 11.5 Å². The van der Waals surface area contributed by atoms with Gasteiger partial charge in [-0.05, 0) is 48.6 Å². The number of carbonyl (C=O) groups is 2. The van der Waals surface area contributed by atoms with Gasteiger partial charge in [-0.3, -0.25) is 24.9 Å². The number of hydrogen-bond acceptors (Lipinski definition) is 5. The van der Waals surface area contributed by atoms with Gasteiger partial charge in [-0.2, -0.15) is 0 Å². The maximum absolute atomic E-state index is 13.2. The van der Waals surface area contributed by atoms with Gasteiger partial charge in [-0.25, -0.2) is 4.99 Å². The predicted octanol–water partition coefficient (Wildman–Crippen LogP) is 3.63. The van der Waals surface area contributed by atoms with Gasteiger partial charge in [0.25, 0.3) is 11.8 Å². The number of amides is 2. The molecule has 3 heterocycles. The lowest BCUT2D eigenvalue weighted by Gasteiger charge is -2.33. The first-order valence-electron chi connectivity index (χ1n) is 12.0. The summed E-state index contributed by atoms with van der Waals surface area (Å²) in [6.45, 7) is 1.66. The quantitative estimate of drug-likeness (QED) is 0.557. The predicted molar refractivity (Wildman–Crippen MR) is 137 cm³/mol. The van der Waals surface area contributed by atoms with E-state index in [9.17, 15) is 9.59 Å². The molecule has 0 radical (unpaired) electrons. The lowest BCUT2D eigenvalue weighted by molar-refractivity contribution is -0.135.